The molecule has 0 bridgehead atoms. The van der Waals surface area contributed by atoms with Crippen molar-refractivity contribution < 1.29 is 23.7 Å². The molecule has 0 N–H and O–H groups in total. The maximum Gasteiger partial charge on any atom is 0.231 e. The van der Waals surface area contributed by atoms with E-state index in [4.69, 9.17) is 18.9 Å². The summed E-state index contributed by atoms with van der Waals surface area (Å²) in [5.74, 6) is 2.99. The smallest absolute Gasteiger partial charge is 0.231 e. The molecule has 28 heavy (non-hydrogen) atoms. The first kappa shape index (κ1) is 20.1. The summed E-state index contributed by atoms with van der Waals surface area (Å²) in [6.45, 7) is 8.61. The van der Waals surface area contributed by atoms with E-state index in [9.17, 15) is 4.79 Å². The van der Waals surface area contributed by atoms with Gasteiger partial charge in [-0.15, -0.1) is 0 Å². The van der Waals surface area contributed by atoms with Gasteiger partial charge < -0.3 is 18.9 Å². The monoisotopic (exact) mass is 384 g/mol. The van der Waals surface area contributed by atoms with Crippen LogP contribution in [-0.2, 0) is 19.3 Å². The minimum Gasteiger partial charge on any atom is -0.454 e. The summed E-state index contributed by atoms with van der Waals surface area (Å²) in [7, 11) is 0. The fourth-order valence-corrected chi connectivity index (χ4v) is 3.61. The van der Waals surface area contributed by atoms with Crippen LogP contribution in [0.3, 0.4) is 0 Å². The van der Waals surface area contributed by atoms with E-state index in [1.807, 2.05) is 38.1 Å². The lowest BCUT2D eigenvalue weighted by Gasteiger charge is -2.13. The molecule has 2 aliphatic rings. The summed E-state index contributed by atoms with van der Waals surface area (Å²) in [4.78, 5) is 13.1. The average molecular weight is 384 g/mol. The number of carbonyl (C=O) groups excluding carboxylic acids is 1. The van der Waals surface area contributed by atoms with Crippen LogP contribution >= 0.6 is 0 Å². The lowest BCUT2D eigenvalue weighted by Crippen LogP contribution is -2.09. The van der Waals surface area contributed by atoms with E-state index in [2.05, 4.69) is 13.8 Å². The van der Waals surface area contributed by atoms with Crippen LogP contribution < -0.4 is 18.9 Å². The summed E-state index contributed by atoms with van der Waals surface area (Å²) in [5, 5.41) is 0. The summed E-state index contributed by atoms with van der Waals surface area (Å²) in [6, 6.07) is 7.63. The van der Waals surface area contributed by atoms with Crippen molar-refractivity contribution in [1.29, 1.82) is 0 Å². The predicted octanol–water partition coefficient (Wildman–Crippen LogP) is 5.11. The third-order valence-corrected chi connectivity index (χ3v) is 4.86. The first-order valence-electron chi connectivity index (χ1n) is 10.1. The zero-order valence-electron chi connectivity index (χ0n) is 17.1. The van der Waals surface area contributed by atoms with E-state index in [0.29, 0.717) is 12.2 Å². The highest BCUT2D eigenvalue weighted by Gasteiger charge is 2.24. The molecule has 2 heterocycles. The fourth-order valence-electron chi connectivity index (χ4n) is 3.61. The molecular weight excluding hydrogens is 356 g/mol. The largest absolute Gasteiger partial charge is 0.454 e. The van der Waals surface area contributed by atoms with Gasteiger partial charge in [-0.3, -0.25) is 4.79 Å². The number of hydrogen-bond donors (Lipinski definition) is 0. The zero-order valence-corrected chi connectivity index (χ0v) is 17.1. The molecule has 4 rings (SSSR count). The molecule has 0 atom stereocenters. The molecule has 150 valence electrons. The van der Waals surface area contributed by atoms with Crippen molar-refractivity contribution in [2.24, 2.45) is 0 Å². The van der Waals surface area contributed by atoms with Crippen molar-refractivity contribution in [3.63, 3.8) is 0 Å². The first-order chi connectivity index (χ1) is 13.7. The van der Waals surface area contributed by atoms with Gasteiger partial charge in [0.1, 0.15) is 0 Å². The number of aryl methyl sites for hydroxylation is 1. The Kier molecular flexibility index (Phi) is 6.45. The number of benzene rings is 2. The Balaban J connectivity index is 0.00000109. The van der Waals surface area contributed by atoms with Gasteiger partial charge >= 0.3 is 0 Å². The summed E-state index contributed by atoms with van der Waals surface area (Å²) >= 11 is 0. The van der Waals surface area contributed by atoms with Crippen molar-refractivity contribution >= 4 is 5.78 Å². The number of rotatable bonds is 6. The first-order valence-corrected chi connectivity index (χ1v) is 10.1. The normalized spacial score (nSPS) is 13.1. The molecule has 0 fully saturated rings. The summed E-state index contributed by atoms with van der Waals surface area (Å²) < 4.78 is 22.0. The molecule has 0 radical (unpaired) electrons. The van der Waals surface area contributed by atoms with Crippen molar-refractivity contribution in [3.05, 3.63) is 46.5 Å². The molecule has 0 saturated heterocycles. The second kappa shape index (κ2) is 9.00. The van der Waals surface area contributed by atoms with Crippen LogP contribution in [0.25, 0.3) is 0 Å². The van der Waals surface area contributed by atoms with Crippen molar-refractivity contribution in [2.75, 3.05) is 13.6 Å². The number of hydrogen-bond acceptors (Lipinski definition) is 5. The van der Waals surface area contributed by atoms with Crippen LogP contribution in [0.4, 0.5) is 0 Å². The van der Waals surface area contributed by atoms with Gasteiger partial charge in [0.25, 0.3) is 0 Å². The molecular formula is C23H28O5. The highest BCUT2D eigenvalue weighted by atomic mass is 16.7. The van der Waals surface area contributed by atoms with E-state index in [1.54, 1.807) is 0 Å². The van der Waals surface area contributed by atoms with Gasteiger partial charge in [-0.2, -0.15) is 0 Å². The summed E-state index contributed by atoms with van der Waals surface area (Å²) in [5.41, 5.74) is 3.77. The second-order valence-electron chi connectivity index (χ2n) is 6.50. The van der Waals surface area contributed by atoms with Crippen LogP contribution in [0, 0.1) is 0 Å². The predicted molar refractivity (Wildman–Crippen MR) is 108 cm³/mol. The molecule has 2 aliphatic heterocycles. The zero-order chi connectivity index (χ0) is 20.1. The maximum atomic E-state index is 13.1. The molecule has 0 amide bonds. The minimum absolute atomic E-state index is 0.0836. The standard InChI is InChI=1S/C21H22O5.C2H6/c1-3-5-13-9-19-20(25-11-24-19)10-16(13)17(22)8-14-6-7-18-21(15(14)4-2)26-12-23-18;1-2/h6-7,9-10H,3-5,8,11-12H2,1-2H3;1-2H3. The van der Waals surface area contributed by atoms with E-state index in [-0.39, 0.29) is 19.4 Å². The maximum absolute atomic E-state index is 13.1. The Hall–Kier alpha value is -2.69. The number of ether oxygens (including phenoxy) is 4. The number of ketones is 1. The molecule has 0 aromatic heterocycles. The van der Waals surface area contributed by atoms with E-state index >= 15 is 0 Å². The molecule has 0 spiro atoms. The minimum atomic E-state index is 0.0836. The lowest BCUT2D eigenvalue weighted by atomic mass is 9.92. The van der Waals surface area contributed by atoms with Gasteiger partial charge in [-0.05, 0) is 42.2 Å². The van der Waals surface area contributed by atoms with Gasteiger partial charge in [0.05, 0.1) is 0 Å². The molecule has 5 heteroatoms. The van der Waals surface area contributed by atoms with E-state index in [0.717, 1.165) is 58.8 Å². The summed E-state index contributed by atoms with van der Waals surface area (Å²) in [6.07, 6.45) is 2.91. The van der Waals surface area contributed by atoms with Crippen LogP contribution in [-0.4, -0.2) is 19.4 Å². The van der Waals surface area contributed by atoms with Gasteiger partial charge in [-0.1, -0.05) is 40.2 Å². The molecule has 2 aromatic carbocycles. The van der Waals surface area contributed by atoms with Crippen LogP contribution in [0.15, 0.2) is 24.3 Å². The molecule has 5 nitrogen and oxygen atoms in total. The van der Waals surface area contributed by atoms with Crippen LogP contribution in [0.5, 0.6) is 23.0 Å². The highest BCUT2D eigenvalue weighted by molar-refractivity contribution is 6.00. The SMILES string of the molecule is CC.CCCc1cc2c(cc1C(=O)Cc1ccc3c(c1CC)OCO3)OCO2. The van der Waals surface area contributed by atoms with E-state index in [1.165, 1.54) is 0 Å². The topological polar surface area (TPSA) is 54.0 Å². The quantitative estimate of drug-likeness (QED) is 0.648. The number of Topliss-reactive ketones (excluding diaryl/α,β-unsaturated/α-hetero) is 1. The van der Waals surface area contributed by atoms with Crippen LogP contribution in [0.1, 0.15) is 61.2 Å². The Bertz CT molecular complexity index is 857. The van der Waals surface area contributed by atoms with Crippen molar-refractivity contribution in [1.82, 2.24) is 0 Å². The van der Waals surface area contributed by atoms with Crippen molar-refractivity contribution in [3.8, 4) is 23.0 Å². The van der Waals surface area contributed by atoms with Gasteiger partial charge in [0.15, 0.2) is 28.8 Å². The van der Waals surface area contributed by atoms with Gasteiger partial charge in [0, 0.05) is 17.5 Å². The van der Waals surface area contributed by atoms with Gasteiger partial charge in [0.2, 0.25) is 13.6 Å². The Morgan fingerprint density at radius 1 is 0.893 bits per heavy atom. The molecule has 2 aromatic rings. The Morgan fingerprint density at radius 3 is 2.29 bits per heavy atom. The average Bonchev–Trinajstić information content (AvgIpc) is 3.37. The highest BCUT2D eigenvalue weighted by Crippen LogP contribution is 2.39. The Labute approximate surface area is 166 Å². The van der Waals surface area contributed by atoms with E-state index < -0.39 is 0 Å². The number of carbonyl (C=O) groups is 1. The van der Waals surface area contributed by atoms with Gasteiger partial charge in [-0.25, -0.2) is 0 Å². The molecule has 0 aliphatic carbocycles. The van der Waals surface area contributed by atoms with Crippen LogP contribution in [0.2, 0.25) is 0 Å². The fraction of sp³-hybridized carbons (Fsp3) is 0.435. The third kappa shape index (κ3) is 3.79. The van der Waals surface area contributed by atoms with Crippen molar-refractivity contribution in [2.45, 2.75) is 53.4 Å². The third-order valence-electron chi connectivity index (χ3n) is 4.86. The lowest BCUT2D eigenvalue weighted by molar-refractivity contribution is 0.0991. The number of fused-ring (bicyclic) bond motifs is 2. The Morgan fingerprint density at radius 2 is 1.57 bits per heavy atom. The molecule has 0 saturated carbocycles. The second-order valence-corrected chi connectivity index (χ2v) is 6.50. The molecule has 0 unspecified atom stereocenters.